The Kier molecular flexibility index (Phi) is 3.92. The summed E-state index contributed by atoms with van der Waals surface area (Å²) in [6.07, 6.45) is 15.5. The highest BCUT2D eigenvalue weighted by atomic mass is 19.1. The molecular formula is C24H30FNO. The number of aromatic nitrogens is 1. The van der Waals surface area contributed by atoms with Crippen molar-refractivity contribution in [2.45, 2.75) is 64.9 Å². The van der Waals surface area contributed by atoms with E-state index in [2.05, 4.69) is 31.0 Å². The number of nitrogens with zero attached hydrogens (tertiary/aromatic N) is 1. The van der Waals surface area contributed by atoms with E-state index < -0.39 is 0 Å². The first-order chi connectivity index (χ1) is 12.9. The molecule has 3 heteroatoms. The standard InChI is InChI=1S/C24H30FNO/c1-23-9-7-18(27)12-16(23)3-4-19-21-6-5-20(15-11-17(25)14-26-13-15)24(21,2)10-8-22(19)23/h5-6,11,13-14,16,18-19,22,27H,3-4,7-10,12H2,1-2H3. The lowest BCUT2D eigenvalue weighted by Crippen LogP contribution is -2.51. The van der Waals surface area contributed by atoms with Gasteiger partial charge in [0, 0.05) is 11.6 Å². The normalized spacial score (nSPS) is 43.3. The molecule has 0 saturated heterocycles. The second-order valence-electron chi connectivity index (χ2n) is 9.89. The van der Waals surface area contributed by atoms with Crippen molar-refractivity contribution < 1.29 is 9.50 Å². The van der Waals surface area contributed by atoms with Gasteiger partial charge in [0.15, 0.2) is 0 Å². The molecule has 3 fully saturated rings. The van der Waals surface area contributed by atoms with E-state index in [9.17, 15) is 9.50 Å². The lowest BCUT2D eigenvalue weighted by atomic mass is 9.46. The molecule has 3 saturated carbocycles. The third-order valence-electron chi connectivity index (χ3n) is 8.70. The summed E-state index contributed by atoms with van der Waals surface area (Å²) < 4.78 is 13.8. The van der Waals surface area contributed by atoms with Gasteiger partial charge in [0.1, 0.15) is 5.82 Å². The molecule has 1 N–H and O–H groups in total. The van der Waals surface area contributed by atoms with Gasteiger partial charge in [0.25, 0.3) is 0 Å². The lowest BCUT2D eigenvalue weighted by Gasteiger charge is -2.59. The summed E-state index contributed by atoms with van der Waals surface area (Å²) in [5.74, 6) is 1.78. The van der Waals surface area contributed by atoms with Crippen LogP contribution in [-0.4, -0.2) is 16.2 Å². The van der Waals surface area contributed by atoms with E-state index in [1.54, 1.807) is 11.6 Å². The molecule has 1 heterocycles. The van der Waals surface area contributed by atoms with Gasteiger partial charge in [-0.2, -0.15) is 0 Å². The largest absolute Gasteiger partial charge is 0.393 e. The molecule has 4 aliphatic rings. The fourth-order valence-electron chi connectivity index (χ4n) is 7.20. The van der Waals surface area contributed by atoms with Crippen molar-refractivity contribution in [3.8, 4) is 0 Å². The molecule has 1 aromatic rings. The average molecular weight is 368 g/mol. The zero-order chi connectivity index (χ0) is 18.8. The maximum atomic E-state index is 13.8. The summed E-state index contributed by atoms with van der Waals surface area (Å²) >= 11 is 0. The van der Waals surface area contributed by atoms with E-state index in [0.717, 1.165) is 37.2 Å². The molecule has 0 aromatic carbocycles. The van der Waals surface area contributed by atoms with E-state index in [-0.39, 0.29) is 17.3 Å². The quantitative estimate of drug-likeness (QED) is 0.707. The van der Waals surface area contributed by atoms with Crippen LogP contribution in [-0.2, 0) is 0 Å². The summed E-state index contributed by atoms with van der Waals surface area (Å²) in [7, 11) is 0. The number of aliphatic hydroxyl groups excluding tert-OH is 1. The summed E-state index contributed by atoms with van der Waals surface area (Å²) in [4.78, 5) is 4.09. The molecule has 0 amide bonds. The Morgan fingerprint density at radius 1 is 1.07 bits per heavy atom. The second-order valence-corrected chi connectivity index (χ2v) is 9.89. The van der Waals surface area contributed by atoms with Crippen LogP contribution < -0.4 is 0 Å². The van der Waals surface area contributed by atoms with Crippen molar-refractivity contribution >= 4 is 5.57 Å². The Bertz CT molecular complexity index is 829. The highest BCUT2D eigenvalue weighted by molar-refractivity contribution is 5.78. The molecule has 27 heavy (non-hydrogen) atoms. The molecule has 0 bridgehead atoms. The van der Waals surface area contributed by atoms with E-state index in [4.69, 9.17) is 0 Å². The highest BCUT2D eigenvalue weighted by Gasteiger charge is 2.56. The predicted molar refractivity (Wildman–Crippen MR) is 105 cm³/mol. The molecule has 1 aromatic heterocycles. The van der Waals surface area contributed by atoms with Crippen molar-refractivity contribution in [1.82, 2.24) is 4.98 Å². The van der Waals surface area contributed by atoms with Crippen LogP contribution in [0, 0.1) is 34.4 Å². The maximum absolute atomic E-state index is 13.8. The second kappa shape index (κ2) is 6.01. The number of hydrogen-bond donors (Lipinski definition) is 1. The smallest absolute Gasteiger partial charge is 0.142 e. The zero-order valence-electron chi connectivity index (χ0n) is 16.4. The Balaban J connectivity index is 1.46. The molecule has 0 aliphatic heterocycles. The number of halogens is 1. The lowest BCUT2D eigenvalue weighted by molar-refractivity contribution is -0.0784. The Labute approximate surface area is 161 Å². The summed E-state index contributed by atoms with van der Waals surface area (Å²) in [5, 5.41) is 10.2. The van der Waals surface area contributed by atoms with Crippen LogP contribution in [0.25, 0.3) is 5.57 Å². The first-order valence-electron chi connectivity index (χ1n) is 10.6. The van der Waals surface area contributed by atoms with Crippen molar-refractivity contribution in [3.63, 3.8) is 0 Å². The minimum Gasteiger partial charge on any atom is -0.393 e. The summed E-state index contributed by atoms with van der Waals surface area (Å²) in [6.45, 7) is 4.86. The van der Waals surface area contributed by atoms with Crippen LogP contribution in [0.5, 0.6) is 0 Å². The Morgan fingerprint density at radius 3 is 2.74 bits per heavy atom. The summed E-state index contributed by atoms with van der Waals surface area (Å²) in [5.41, 5.74) is 4.14. The molecule has 4 aliphatic carbocycles. The maximum Gasteiger partial charge on any atom is 0.142 e. The number of hydrogen-bond acceptors (Lipinski definition) is 2. The minimum atomic E-state index is -0.257. The van der Waals surface area contributed by atoms with Crippen LogP contribution in [0.3, 0.4) is 0 Å². The zero-order valence-corrected chi connectivity index (χ0v) is 16.4. The van der Waals surface area contributed by atoms with Gasteiger partial charge < -0.3 is 5.11 Å². The third kappa shape index (κ3) is 2.50. The fourth-order valence-corrected chi connectivity index (χ4v) is 7.20. The van der Waals surface area contributed by atoms with Crippen LogP contribution in [0.2, 0.25) is 0 Å². The fraction of sp³-hybridized carbons (Fsp3) is 0.625. The van der Waals surface area contributed by atoms with Crippen LogP contribution in [0.1, 0.15) is 64.4 Å². The molecular weight excluding hydrogens is 337 g/mol. The first-order valence-corrected chi connectivity index (χ1v) is 10.6. The van der Waals surface area contributed by atoms with E-state index >= 15 is 0 Å². The van der Waals surface area contributed by atoms with Gasteiger partial charge in [-0.05, 0) is 85.3 Å². The molecule has 0 spiro atoms. The monoisotopic (exact) mass is 367 g/mol. The average Bonchev–Trinajstić information content (AvgIpc) is 2.99. The van der Waals surface area contributed by atoms with Crippen LogP contribution in [0.4, 0.5) is 4.39 Å². The molecule has 2 nitrogen and oxygen atoms in total. The predicted octanol–water partition coefficient (Wildman–Crippen LogP) is 5.54. The number of pyridine rings is 1. The number of allylic oxidation sites excluding steroid dienone is 4. The first kappa shape index (κ1) is 17.6. The van der Waals surface area contributed by atoms with Crippen LogP contribution >= 0.6 is 0 Å². The van der Waals surface area contributed by atoms with Crippen molar-refractivity contribution in [1.29, 1.82) is 0 Å². The number of rotatable bonds is 1. The number of fused-ring (bicyclic) bond motifs is 5. The van der Waals surface area contributed by atoms with Gasteiger partial charge in [-0.1, -0.05) is 31.6 Å². The van der Waals surface area contributed by atoms with Gasteiger partial charge in [0.2, 0.25) is 0 Å². The molecule has 6 unspecified atom stereocenters. The SMILES string of the molecule is CC12CCC3C(CCC4CC(O)CCC43C)C1=CC=C2c1cncc(F)c1. The molecule has 0 radical (unpaired) electrons. The van der Waals surface area contributed by atoms with Gasteiger partial charge in [-0.15, -0.1) is 0 Å². The third-order valence-corrected chi connectivity index (χ3v) is 8.70. The minimum absolute atomic E-state index is 0.0218. The Hall–Kier alpha value is -1.48. The number of aliphatic hydroxyl groups is 1. The molecule has 6 atom stereocenters. The van der Waals surface area contributed by atoms with Gasteiger partial charge in [0.05, 0.1) is 12.3 Å². The summed E-state index contributed by atoms with van der Waals surface area (Å²) in [6, 6.07) is 1.63. The Morgan fingerprint density at radius 2 is 1.93 bits per heavy atom. The van der Waals surface area contributed by atoms with Gasteiger partial charge >= 0.3 is 0 Å². The van der Waals surface area contributed by atoms with E-state index in [1.807, 2.05) is 6.20 Å². The van der Waals surface area contributed by atoms with E-state index in [1.165, 1.54) is 31.0 Å². The highest BCUT2D eigenvalue weighted by Crippen LogP contribution is 2.66. The van der Waals surface area contributed by atoms with Crippen molar-refractivity contribution in [3.05, 3.63) is 47.6 Å². The topological polar surface area (TPSA) is 33.1 Å². The van der Waals surface area contributed by atoms with Crippen molar-refractivity contribution in [2.24, 2.45) is 28.6 Å². The van der Waals surface area contributed by atoms with Crippen LogP contribution in [0.15, 0.2) is 36.2 Å². The van der Waals surface area contributed by atoms with Gasteiger partial charge in [-0.3, -0.25) is 4.98 Å². The van der Waals surface area contributed by atoms with Crippen molar-refractivity contribution in [2.75, 3.05) is 0 Å². The van der Waals surface area contributed by atoms with E-state index in [0.29, 0.717) is 17.3 Å². The molecule has 144 valence electrons. The molecule has 5 rings (SSSR count). The van der Waals surface area contributed by atoms with Gasteiger partial charge in [-0.25, -0.2) is 4.39 Å².